The second kappa shape index (κ2) is 8.01. The maximum absolute atomic E-state index is 12.2. The fraction of sp³-hybridized carbons (Fsp3) is 0.412. The van der Waals surface area contributed by atoms with Crippen molar-refractivity contribution in [1.82, 2.24) is 15.5 Å². The van der Waals surface area contributed by atoms with Crippen LogP contribution in [0.4, 0.5) is 4.79 Å². The molecule has 2 aromatic rings. The van der Waals surface area contributed by atoms with Crippen molar-refractivity contribution in [2.24, 2.45) is 0 Å². The van der Waals surface area contributed by atoms with Gasteiger partial charge in [0.25, 0.3) is 5.91 Å². The lowest BCUT2D eigenvalue weighted by molar-refractivity contribution is 0.0925. The van der Waals surface area contributed by atoms with Crippen molar-refractivity contribution in [3.8, 4) is 0 Å². The predicted molar refractivity (Wildman–Crippen MR) is 92.3 cm³/mol. The molecule has 0 bridgehead atoms. The second-order valence-electron chi connectivity index (χ2n) is 5.78. The molecule has 0 aliphatic carbocycles. The summed E-state index contributed by atoms with van der Waals surface area (Å²) in [5.74, 6) is 0.565. The molecular weight excluding hydrogens is 326 g/mol. The lowest BCUT2D eigenvalue weighted by Gasteiger charge is -2.31. The molecular formula is C17H21N3O3S. The fourth-order valence-corrected chi connectivity index (χ4v) is 3.62. The smallest absolute Gasteiger partial charge is 0.317 e. The van der Waals surface area contributed by atoms with Crippen LogP contribution < -0.4 is 10.6 Å². The zero-order valence-corrected chi connectivity index (χ0v) is 14.2. The lowest BCUT2D eigenvalue weighted by atomic mass is 9.91. The molecule has 0 spiro atoms. The number of thiophene rings is 1. The fourth-order valence-electron chi connectivity index (χ4n) is 2.88. The average molecular weight is 347 g/mol. The van der Waals surface area contributed by atoms with E-state index in [1.54, 1.807) is 23.5 Å². The Labute approximate surface area is 144 Å². The Morgan fingerprint density at radius 3 is 2.67 bits per heavy atom. The highest BCUT2D eigenvalue weighted by atomic mass is 32.1. The summed E-state index contributed by atoms with van der Waals surface area (Å²) in [6, 6.07) is 5.38. The minimum atomic E-state index is -0.272. The maximum Gasteiger partial charge on any atom is 0.317 e. The normalized spacial score (nSPS) is 15.2. The summed E-state index contributed by atoms with van der Waals surface area (Å²) in [4.78, 5) is 25.7. The van der Waals surface area contributed by atoms with E-state index >= 15 is 0 Å². The van der Waals surface area contributed by atoms with E-state index in [-0.39, 0.29) is 17.7 Å². The standard InChI is InChI=1S/C17H21N3O3S/c21-16(15-2-1-10-23-15)18-6-7-19-17(22)20-8-3-13(4-9-20)14-5-11-24-12-14/h1-2,5,10-13H,3-4,6-9H2,(H,18,21)(H,19,22). The molecule has 2 aromatic heterocycles. The molecule has 1 saturated heterocycles. The first kappa shape index (κ1) is 16.6. The first-order chi connectivity index (χ1) is 11.7. The molecule has 3 rings (SSSR count). The van der Waals surface area contributed by atoms with Crippen molar-refractivity contribution in [2.75, 3.05) is 26.2 Å². The number of amides is 3. The molecule has 0 saturated carbocycles. The summed E-state index contributed by atoms with van der Waals surface area (Å²) in [6.07, 6.45) is 3.45. The van der Waals surface area contributed by atoms with Crippen molar-refractivity contribution < 1.29 is 14.0 Å². The third kappa shape index (κ3) is 4.17. The van der Waals surface area contributed by atoms with Gasteiger partial charge in [-0.25, -0.2) is 4.79 Å². The second-order valence-corrected chi connectivity index (χ2v) is 6.56. The molecule has 6 nitrogen and oxygen atoms in total. The first-order valence-corrected chi connectivity index (χ1v) is 9.05. The average Bonchev–Trinajstić information content (AvgIpc) is 3.32. The summed E-state index contributed by atoms with van der Waals surface area (Å²) >= 11 is 1.72. The summed E-state index contributed by atoms with van der Waals surface area (Å²) in [5, 5.41) is 9.85. The van der Waals surface area contributed by atoms with Gasteiger partial charge < -0.3 is 20.0 Å². The van der Waals surface area contributed by atoms with Gasteiger partial charge in [0, 0.05) is 26.2 Å². The number of nitrogens with zero attached hydrogens (tertiary/aromatic N) is 1. The van der Waals surface area contributed by atoms with Crippen LogP contribution in [0.3, 0.4) is 0 Å². The van der Waals surface area contributed by atoms with Crippen molar-refractivity contribution in [1.29, 1.82) is 0 Å². The highest BCUT2D eigenvalue weighted by Gasteiger charge is 2.23. The van der Waals surface area contributed by atoms with E-state index in [0.29, 0.717) is 19.0 Å². The van der Waals surface area contributed by atoms with Crippen molar-refractivity contribution >= 4 is 23.3 Å². The summed E-state index contributed by atoms with van der Waals surface area (Å²) in [7, 11) is 0. The molecule has 128 valence electrons. The van der Waals surface area contributed by atoms with Gasteiger partial charge in [-0.05, 0) is 53.3 Å². The van der Waals surface area contributed by atoms with Gasteiger partial charge in [0.05, 0.1) is 6.26 Å². The largest absolute Gasteiger partial charge is 0.459 e. The highest BCUT2D eigenvalue weighted by molar-refractivity contribution is 7.07. The molecule has 0 unspecified atom stereocenters. The Morgan fingerprint density at radius 1 is 1.21 bits per heavy atom. The summed E-state index contributed by atoms with van der Waals surface area (Å²) in [6.45, 7) is 2.31. The number of nitrogens with one attached hydrogen (secondary N) is 2. The SMILES string of the molecule is O=C(NCCNC(=O)N1CCC(c2ccsc2)CC1)c1ccco1. The van der Waals surface area contributed by atoms with E-state index in [1.165, 1.54) is 11.8 Å². The number of carbonyl (C=O) groups is 2. The zero-order chi connectivity index (χ0) is 16.8. The number of carbonyl (C=O) groups excluding carboxylic acids is 2. The Hall–Kier alpha value is -2.28. The lowest BCUT2D eigenvalue weighted by Crippen LogP contribution is -2.46. The molecule has 3 amide bonds. The van der Waals surface area contributed by atoms with Gasteiger partial charge in [-0.1, -0.05) is 0 Å². The minimum Gasteiger partial charge on any atom is -0.459 e. The molecule has 0 radical (unpaired) electrons. The Morgan fingerprint density at radius 2 is 2.00 bits per heavy atom. The molecule has 2 N–H and O–H groups in total. The molecule has 0 atom stereocenters. The van der Waals surface area contributed by atoms with E-state index in [9.17, 15) is 9.59 Å². The number of hydrogen-bond acceptors (Lipinski definition) is 4. The Bertz CT molecular complexity index is 647. The number of rotatable bonds is 5. The van der Waals surface area contributed by atoms with Gasteiger partial charge in [0.1, 0.15) is 0 Å². The van der Waals surface area contributed by atoms with E-state index in [4.69, 9.17) is 4.42 Å². The predicted octanol–water partition coefficient (Wildman–Crippen LogP) is 2.66. The van der Waals surface area contributed by atoms with Crippen LogP contribution >= 0.6 is 11.3 Å². The van der Waals surface area contributed by atoms with E-state index in [1.807, 2.05) is 4.90 Å². The van der Waals surface area contributed by atoms with E-state index in [2.05, 4.69) is 27.5 Å². The molecule has 1 aliphatic heterocycles. The molecule has 1 fully saturated rings. The summed E-state index contributed by atoms with van der Waals surface area (Å²) < 4.78 is 5.00. The number of likely N-dealkylation sites (tertiary alicyclic amines) is 1. The molecule has 3 heterocycles. The van der Waals surface area contributed by atoms with Crippen LogP contribution in [-0.4, -0.2) is 43.0 Å². The summed E-state index contributed by atoms with van der Waals surface area (Å²) in [5.41, 5.74) is 1.39. The van der Waals surface area contributed by atoms with Crippen LogP contribution in [0.5, 0.6) is 0 Å². The van der Waals surface area contributed by atoms with Gasteiger partial charge in [0.2, 0.25) is 0 Å². The number of hydrogen-bond donors (Lipinski definition) is 2. The zero-order valence-electron chi connectivity index (χ0n) is 13.4. The van der Waals surface area contributed by atoms with Gasteiger partial charge >= 0.3 is 6.03 Å². The van der Waals surface area contributed by atoms with Crippen LogP contribution in [-0.2, 0) is 0 Å². The van der Waals surface area contributed by atoms with Gasteiger partial charge in [0.15, 0.2) is 5.76 Å². The van der Waals surface area contributed by atoms with Crippen LogP contribution in [0.2, 0.25) is 0 Å². The van der Waals surface area contributed by atoms with Crippen molar-refractivity contribution in [3.63, 3.8) is 0 Å². The molecule has 0 aromatic carbocycles. The molecule has 7 heteroatoms. The highest BCUT2D eigenvalue weighted by Crippen LogP contribution is 2.29. The van der Waals surface area contributed by atoms with Gasteiger partial charge in [-0.15, -0.1) is 0 Å². The minimum absolute atomic E-state index is 0.0639. The molecule has 24 heavy (non-hydrogen) atoms. The van der Waals surface area contributed by atoms with Crippen molar-refractivity contribution in [3.05, 3.63) is 46.5 Å². The first-order valence-electron chi connectivity index (χ1n) is 8.10. The molecule has 1 aliphatic rings. The van der Waals surface area contributed by atoms with Gasteiger partial charge in [-0.2, -0.15) is 11.3 Å². The van der Waals surface area contributed by atoms with Crippen LogP contribution in [0.25, 0.3) is 0 Å². The van der Waals surface area contributed by atoms with Crippen LogP contribution in [0.1, 0.15) is 34.9 Å². The third-order valence-corrected chi connectivity index (χ3v) is 4.93. The Balaban J connectivity index is 1.33. The number of urea groups is 1. The van der Waals surface area contributed by atoms with Gasteiger partial charge in [-0.3, -0.25) is 4.79 Å². The third-order valence-electron chi connectivity index (χ3n) is 4.23. The Kier molecular flexibility index (Phi) is 5.53. The maximum atomic E-state index is 12.2. The number of piperidine rings is 1. The van der Waals surface area contributed by atoms with Crippen LogP contribution in [0.15, 0.2) is 39.6 Å². The number of furan rings is 1. The van der Waals surface area contributed by atoms with Crippen molar-refractivity contribution in [2.45, 2.75) is 18.8 Å². The van der Waals surface area contributed by atoms with Crippen LogP contribution in [0, 0.1) is 0 Å². The quantitative estimate of drug-likeness (QED) is 0.817. The van der Waals surface area contributed by atoms with E-state index in [0.717, 1.165) is 25.9 Å². The monoisotopic (exact) mass is 347 g/mol. The van der Waals surface area contributed by atoms with E-state index < -0.39 is 0 Å². The topological polar surface area (TPSA) is 74.6 Å².